The summed E-state index contributed by atoms with van der Waals surface area (Å²) in [6.07, 6.45) is -1.64. The molecular formula is C10H10O4. The molecule has 0 heterocycles. The van der Waals surface area contributed by atoms with Gasteiger partial charge in [-0.3, -0.25) is 4.79 Å². The van der Waals surface area contributed by atoms with E-state index in [-0.39, 0.29) is 16.9 Å². The van der Waals surface area contributed by atoms with Gasteiger partial charge in [0, 0.05) is 11.1 Å². The predicted molar refractivity (Wildman–Crippen MR) is 49.0 cm³/mol. The lowest BCUT2D eigenvalue weighted by Gasteiger charge is -2.09. The van der Waals surface area contributed by atoms with Crippen LogP contribution in [-0.2, 0) is 4.79 Å². The Morgan fingerprint density at radius 3 is 2.36 bits per heavy atom. The molecule has 14 heavy (non-hydrogen) atoms. The molecule has 1 rings (SSSR count). The summed E-state index contributed by atoms with van der Waals surface area (Å²) < 4.78 is 0. The first-order valence-electron chi connectivity index (χ1n) is 4.04. The van der Waals surface area contributed by atoms with Gasteiger partial charge in [-0.25, -0.2) is 4.79 Å². The van der Waals surface area contributed by atoms with Crippen molar-refractivity contribution < 1.29 is 19.8 Å². The Hall–Kier alpha value is -1.68. The summed E-state index contributed by atoms with van der Waals surface area (Å²) in [7, 11) is 0. The van der Waals surface area contributed by atoms with Crippen LogP contribution in [-0.4, -0.2) is 22.0 Å². The van der Waals surface area contributed by atoms with Gasteiger partial charge in [0.1, 0.15) is 0 Å². The Kier molecular flexibility index (Phi) is 2.99. The second-order valence-corrected chi connectivity index (χ2v) is 2.88. The molecule has 1 atom stereocenters. The van der Waals surface area contributed by atoms with E-state index in [4.69, 9.17) is 5.11 Å². The molecule has 0 fully saturated rings. The molecule has 2 N–H and O–H groups in total. The number of aliphatic carboxylic acids is 1. The van der Waals surface area contributed by atoms with E-state index >= 15 is 0 Å². The van der Waals surface area contributed by atoms with Crippen molar-refractivity contribution in [1.29, 1.82) is 0 Å². The van der Waals surface area contributed by atoms with E-state index in [0.717, 1.165) is 0 Å². The normalized spacial score (nSPS) is 12.1. The van der Waals surface area contributed by atoms with Gasteiger partial charge in [0.15, 0.2) is 11.9 Å². The standard InChI is InChI=1S/C10H10O4/c1-6(11)7-4-2-3-5-8(7)9(12)10(13)14/h2-5,9,12H,1H3,(H,13,14)/t9-/m0/s1. The highest BCUT2D eigenvalue weighted by molar-refractivity contribution is 5.96. The average Bonchev–Trinajstić information content (AvgIpc) is 2.16. The second-order valence-electron chi connectivity index (χ2n) is 2.88. The highest BCUT2D eigenvalue weighted by Crippen LogP contribution is 2.18. The van der Waals surface area contributed by atoms with Gasteiger partial charge in [0.2, 0.25) is 0 Å². The van der Waals surface area contributed by atoms with Crippen LogP contribution in [0.4, 0.5) is 0 Å². The summed E-state index contributed by atoms with van der Waals surface area (Å²) in [5.41, 5.74) is 0.370. The number of aliphatic hydroxyl groups excluding tert-OH is 1. The summed E-state index contributed by atoms with van der Waals surface area (Å²) in [6.45, 7) is 1.33. The number of aliphatic hydroxyl groups is 1. The number of ketones is 1. The fourth-order valence-corrected chi connectivity index (χ4v) is 1.19. The number of Topliss-reactive ketones (excluding diaryl/α,β-unsaturated/α-hetero) is 1. The van der Waals surface area contributed by atoms with Crippen LogP contribution in [0.3, 0.4) is 0 Å². The lowest BCUT2D eigenvalue weighted by atomic mass is 10.00. The van der Waals surface area contributed by atoms with Gasteiger partial charge in [0.05, 0.1) is 0 Å². The summed E-state index contributed by atoms with van der Waals surface area (Å²) in [6, 6.07) is 6.11. The zero-order valence-corrected chi connectivity index (χ0v) is 7.60. The van der Waals surface area contributed by atoms with E-state index in [2.05, 4.69) is 0 Å². The maximum Gasteiger partial charge on any atom is 0.337 e. The molecule has 1 aromatic rings. The van der Waals surface area contributed by atoms with Gasteiger partial charge in [-0.15, -0.1) is 0 Å². The van der Waals surface area contributed by atoms with Crippen LogP contribution >= 0.6 is 0 Å². The van der Waals surface area contributed by atoms with Crippen molar-refractivity contribution in [3.8, 4) is 0 Å². The van der Waals surface area contributed by atoms with Crippen molar-refractivity contribution in [2.75, 3.05) is 0 Å². The molecule has 0 saturated carbocycles. The Morgan fingerprint density at radius 1 is 1.29 bits per heavy atom. The van der Waals surface area contributed by atoms with Crippen molar-refractivity contribution in [2.45, 2.75) is 13.0 Å². The zero-order valence-electron chi connectivity index (χ0n) is 7.60. The minimum atomic E-state index is -1.64. The van der Waals surface area contributed by atoms with E-state index in [1.54, 1.807) is 12.1 Å². The predicted octanol–water partition coefficient (Wildman–Crippen LogP) is 1.01. The van der Waals surface area contributed by atoms with Crippen LogP contribution < -0.4 is 0 Å². The van der Waals surface area contributed by atoms with Gasteiger partial charge >= 0.3 is 5.97 Å². The van der Waals surface area contributed by atoms with E-state index in [1.807, 2.05) is 0 Å². The molecule has 0 aliphatic rings. The molecule has 0 aromatic heterocycles. The Morgan fingerprint density at radius 2 is 1.86 bits per heavy atom. The quantitative estimate of drug-likeness (QED) is 0.704. The number of rotatable bonds is 3. The molecule has 4 heteroatoms. The summed E-state index contributed by atoms with van der Waals surface area (Å²) in [5.74, 6) is -1.63. The Balaban J connectivity index is 3.19. The fourth-order valence-electron chi connectivity index (χ4n) is 1.19. The van der Waals surface area contributed by atoms with Crippen LogP contribution in [0.2, 0.25) is 0 Å². The highest BCUT2D eigenvalue weighted by atomic mass is 16.4. The topological polar surface area (TPSA) is 74.6 Å². The smallest absolute Gasteiger partial charge is 0.337 e. The molecule has 0 saturated heterocycles. The van der Waals surface area contributed by atoms with Crippen molar-refractivity contribution in [1.82, 2.24) is 0 Å². The molecule has 0 unspecified atom stereocenters. The lowest BCUT2D eigenvalue weighted by molar-refractivity contribution is -0.146. The number of benzene rings is 1. The van der Waals surface area contributed by atoms with E-state index in [9.17, 15) is 14.7 Å². The molecule has 0 aliphatic carbocycles. The monoisotopic (exact) mass is 194 g/mol. The number of carbonyl (C=O) groups excluding carboxylic acids is 1. The number of hydrogen-bond acceptors (Lipinski definition) is 3. The first-order chi connectivity index (χ1) is 6.54. The molecule has 0 spiro atoms. The van der Waals surface area contributed by atoms with Gasteiger partial charge < -0.3 is 10.2 Å². The molecule has 74 valence electrons. The molecule has 0 amide bonds. The van der Waals surface area contributed by atoms with Gasteiger partial charge in [-0.05, 0) is 6.92 Å². The maximum atomic E-state index is 11.1. The van der Waals surface area contributed by atoms with Crippen LogP contribution in [0.25, 0.3) is 0 Å². The van der Waals surface area contributed by atoms with Crippen LogP contribution in [0.5, 0.6) is 0 Å². The first kappa shape index (κ1) is 10.4. The molecule has 0 aliphatic heterocycles. The number of carboxylic acids is 1. The third kappa shape index (κ3) is 1.97. The average molecular weight is 194 g/mol. The molecule has 4 nitrogen and oxygen atoms in total. The molecule has 0 bridgehead atoms. The SMILES string of the molecule is CC(=O)c1ccccc1[C@H](O)C(=O)O. The maximum absolute atomic E-state index is 11.1. The van der Waals surface area contributed by atoms with Gasteiger partial charge in [-0.1, -0.05) is 24.3 Å². The number of hydrogen-bond donors (Lipinski definition) is 2. The largest absolute Gasteiger partial charge is 0.479 e. The Bertz CT molecular complexity index is 370. The molecule has 0 radical (unpaired) electrons. The Labute approximate surface area is 80.8 Å². The van der Waals surface area contributed by atoms with Crippen LogP contribution in [0.1, 0.15) is 28.9 Å². The summed E-state index contributed by atoms with van der Waals surface area (Å²) >= 11 is 0. The zero-order chi connectivity index (χ0) is 10.7. The summed E-state index contributed by atoms with van der Waals surface area (Å²) in [4.78, 5) is 21.6. The lowest BCUT2D eigenvalue weighted by Crippen LogP contribution is -2.13. The number of carboxylic acid groups (broad SMARTS) is 1. The fraction of sp³-hybridized carbons (Fsp3) is 0.200. The molecular weight excluding hydrogens is 184 g/mol. The summed E-state index contributed by atoms with van der Waals surface area (Å²) in [5, 5.41) is 17.9. The first-order valence-corrected chi connectivity index (χ1v) is 4.04. The van der Waals surface area contributed by atoms with Crippen molar-refractivity contribution in [3.63, 3.8) is 0 Å². The minimum Gasteiger partial charge on any atom is -0.479 e. The minimum absolute atomic E-state index is 0.132. The third-order valence-electron chi connectivity index (χ3n) is 1.87. The van der Waals surface area contributed by atoms with Gasteiger partial charge in [-0.2, -0.15) is 0 Å². The number of carbonyl (C=O) groups is 2. The van der Waals surface area contributed by atoms with E-state index in [1.165, 1.54) is 19.1 Å². The van der Waals surface area contributed by atoms with Crippen molar-refractivity contribution >= 4 is 11.8 Å². The van der Waals surface area contributed by atoms with E-state index in [0.29, 0.717) is 0 Å². The van der Waals surface area contributed by atoms with Gasteiger partial charge in [0.25, 0.3) is 0 Å². The second kappa shape index (κ2) is 4.02. The highest BCUT2D eigenvalue weighted by Gasteiger charge is 2.20. The van der Waals surface area contributed by atoms with Crippen molar-refractivity contribution in [2.24, 2.45) is 0 Å². The third-order valence-corrected chi connectivity index (χ3v) is 1.87. The van der Waals surface area contributed by atoms with E-state index < -0.39 is 12.1 Å². The van der Waals surface area contributed by atoms with Crippen LogP contribution in [0, 0.1) is 0 Å². The van der Waals surface area contributed by atoms with Crippen molar-refractivity contribution in [3.05, 3.63) is 35.4 Å². The molecule has 1 aromatic carbocycles. The van der Waals surface area contributed by atoms with Crippen LogP contribution in [0.15, 0.2) is 24.3 Å².